The van der Waals surface area contributed by atoms with Gasteiger partial charge in [0.05, 0.1) is 18.3 Å². The Hall–Kier alpha value is -2.97. The van der Waals surface area contributed by atoms with Gasteiger partial charge in [0.1, 0.15) is 5.82 Å². The summed E-state index contributed by atoms with van der Waals surface area (Å²) < 4.78 is 39.7. The van der Waals surface area contributed by atoms with Gasteiger partial charge in [-0.05, 0) is 24.1 Å². The van der Waals surface area contributed by atoms with E-state index in [2.05, 4.69) is 15.5 Å². The molecule has 2 aromatic rings. The minimum Gasteiger partial charge on any atom is -0.399 e. The molecule has 0 atom stereocenters. The topological polar surface area (TPSA) is 87.0 Å². The molecule has 0 saturated carbocycles. The summed E-state index contributed by atoms with van der Waals surface area (Å²) in [4.78, 5) is 14.3. The normalized spacial score (nSPS) is 15.2. The maximum absolute atomic E-state index is 13.2. The minimum atomic E-state index is -4.50. The number of alkyl halides is 3. The lowest BCUT2D eigenvalue weighted by atomic mass is 9.97. The molecule has 1 aliphatic heterocycles. The maximum Gasteiger partial charge on any atom is 0.416 e. The fraction of sp³-hybridized carbons (Fsp3) is 0.333. The molecule has 1 aliphatic rings. The number of anilines is 1. The van der Waals surface area contributed by atoms with Crippen molar-refractivity contribution in [2.24, 2.45) is 5.73 Å². The number of H-pyrrole nitrogens is 1. The van der Waals surface area contributed by atoms with Crippen LogP contribution in [-0.4, -0.2) is 34.1 Å². The second-order valence-electron chi connectivity index (χ2n) is 6.26. The maximum atomic E-state index is 13.2. The van der Waals surface area contributed by atoms with Crippen LogP contribution in [0, 0.1) is 0 Å². The van der Waals surface area contributed by atoms with E-state index in [9.17, 15) is 18.0 Å². The van der Waals surface area contributed by atoms with Crippen LogP contribution in [0.3, 0.4) is 0 Å². The van der Waals surface area contributed by atoms with E-state index in [1.165, 1.54) is 17.0 Å². The zero-order valence-electron chi connectivity index (χ0n) is 14.7. The van der Waals surface area contributed by atoms with Gasteiger partial charge in [-0.25, -0.2) is 0 Å². The number of aromatic nitrogens is 2. The van der Waals surface area contributed by atoms with Crippen LogP contribution in [-0.2, 0) is 12.6 Å². The van der Waals surface area contributed by atoms with Crippen LogP contribution in [0.5, 0.6) is 0 Å². The van der Waals surface area contributed by atoms with Crippen molar-refractivity contribution in [3.05, 3.63) is 58.5 Å². The highest BCUT2D eigenvalue weighted by Gasteiger charge is 2.35. The number of aromatic amines is 1. The van der Waals surface area contributed by atoms with E-state index in [-0.39, 0.29) is 24.1 Å². The van der Waals surface area contributed by atoms with Gasteiger partial charge in [0, 0.05) is 36.0 Å². The lowest BCUT2D eigenvalue weighted by molar-refractivity contribution is -0.138. The van der Waals surface area contributed by atoms with E-state index in [0.717, 1.165) is 11.8 Å². The second-order valence-corrected chi connectivity index (χ2v) is 6.26. The van der Waals surface area contributed by atoms with Gasteiger partial charge in [-0.1, -0.05) is 13.0 Å². The molecule has 0 aliphatic carbocycles. The van der Waals surface area contributed by atoms with Crippen molar-refractivity contribution in [3.8, 4) is 0 Å². The van der Waals surface area contributed by atoms with Gasteiger partial charge < -0.3 is 16.0 Å². The summed E-state index contributed by atoms with van der Waals surface area (Å²) >= 11 is 0. The fourth-order valence-corrected chi connectivity index (χ4v) is 3.20. The zero-order chi connectivity index (χ0) is 19.6. The van der Waals surface area contributed by atoms with Gasteiger partial charge in [-0.15, -0.1) is 0 Å². The monoisotopic (exact) mass is 379 g/mol. The van der Waals surface area contributed by atoms with Crippen molar-refractivity contribution < 1.29 is 18.0 Å². The number of nitrogens with two attached hydrogens (primary N) is 1. The van der Waals surface area contributed by atoms with Gasteiger partial charge in [-0.3, -0.25) is 9.89 Å². The zero-order valence-corrected chi connectivity index (χ0v) is 14.7. The van der Waals surface area contributed by atoms with Crippen molar-refractivity contribution in [2.45, 2.75) is 25.9 Å². The number of carbonyl (C=O) groups excluding carboxylic acids is 1. The van der Waals surface area contributed by atoms with Gasteiger partial charge in [0.25, 0.3) is 5.91 Å². The van der Waals surface area contributed by atoms with Gasteiger partial charge in [0.15, 0.2) is 0 Å². The summed E-state index contributed by atoms with van der Waals surface area (Å²) in [7, 11) is 0. The lowest BCUT2D eigenvalue weighted by Gasteiger charge is -2.30. The molecule has 27 heavy (non-hydrogen) atoms. The van der Waals surface area contributed by atoms with Crippen molar-refractivity contribution in [1.82, 2.24) is 15.1 Å². The summed E-state index contributed by atoms with van der Waals surface area (Å²) in [6, 6.07) is 5.46. The molecule has 0 saturated heterocycles. The highest BCUT2D eigenvalue weighted by molar-refractivity contribution is 5.96. The molecule has 0 radical (unpaired) electrons. The number of nitrogens with zero attached hydrogens (tertiary/aromatic N) is 2. The average molecular weight is 379 g/mol. The number of carbonyl (C=O) groups is 1. The van der Waals surface area contributed by atoms with Gasteiger partial charge in [0.2, 0.25) is 0 Å². The Bertz CT molecular complexity index is 858. The molecule has 9 heteroatoms. The van der Waals surface area contributed by atoms with E-state index in [4.69, 9.17) is 5.73 Å². The van der Waals surface area contributed by atoms with Crippen LogP contribution in [0.15, 0.2) is 41.9 Å². The average Bonchev–Trinajstić information content (AvgIpc) is 3.14. The molecule has 0 unspecified atom stereocenters. The van der Waals surface area contributed by atoms with Crippen molar-refractivity contribution >= 4 is 11.7 Å². The molecule has 1 aromatic carbocycles. The molecular formula is C18H20F3N5O. The standard InChI is InChI=1S/C18H20F3N5O/c1-2-11-12(4-3-5-13(11)18(19,20)21)17(27)26-9-7-15(14(22)10-26)24-16-6-8-23-25-16/h3-6,8H,2,7,9-10,22H2,1H3,(H2,23,24,25). The number of amides is 1. The summed E-state index contributed by atoms with van der Waals surface area (Å²) in [6.07, 6.45) is -2.32. The minimum absolute atomic E-state index is 0.0129. The second kappa shape index (κ2) is 7.34. The van der Waals surface area contributed by atoms with Gasteiger partial charge in [-0.2, -0.15) is 18.3 Å². The number of nitrogens with one attached hydrogen (secondary N) is 2. The summed E-state index contributed by atoms with van der Waals surface area (Å²) in [5.74, 6) is 0.236. The smallest absolute Gasteiger partial charge is 0.399 e. The molecule has 3 rings (SSSR count). The first-order chi connectivity index (χ1) is 12.8. The quantitative estimate of drug-likeness (QED) is 0.762. The largest absolute Gasteiger partial charge is 0.416 e. The summed E-state index contributed by atoms with van der Waals surface area (Å²) in [5.41, 5.74) is 6.64. The molecule has 0 bridgehead atoms. The molecule has 0 fully saturated rings. The first-order valence-electron chi connectivity index (χ1n) is 8.53. The predicted molar refractivity (Wildman–Crippen MR) is 94.8 cm³/mol. The first kappa shape index (κ1) is 18.8. The molecule has 4 N–H and O–H groups in total. The number of benzene rings is 1. The van der Waals surface area contributed by atoms with E-state index in [1.807, 2.05) is 0 Å². The molecule has 0 spiro atoms. The Morgan fingerprint density at radius 1 is 1.37 bits per heavy atom. The predicted octanol–water partition coefficient (Wildman–Crippen LogP) is 3.12. The van der Waals surface area contributed by atoms with E-state index in [0.29, 0.717) is 24.5 Å². The van der Waals surface area contributed by atoms with Crippen LogP contribution >= 0.6 is 0 Å². The third-order valence-corrected chi connectivity index (χ3v) is 4.52. The molecule has 6 nitrogen and oxygen atoms in total. The summed E-state index contributed by atoms with van der Waals surface area (Å²) in [5, 5.41) is 9.71. The molecular weight excluding hydrogens is 359 g/mol. The number of rotatable bonds is 4. The highest BCUT2D eigenvalue weighted by Crippen LogP contribution is 2.34. The van der Waals surface area contributed by atoms with Crippen molar-refractivity contribution in [1.29, 1.82) is 0 Å². The van der Waals surface area contributed by atoms with Crippen molar-refractivity contribution in [3.63, 3.8) is 0 Å². The third-order valence-electron chi connectivity index (χ3n) is 4.52. The SMILES string of the molecule is CCc1c(C(=O)N2CCC(Nc3ccn[nH]3)=C(N)C2)cccc1C(F)(F)F. The van der Waals surface area contributed by atoms with Crippen LogP contribution in [0.4, 0.5) is 19.0 Å². The van der Waals surface area contributed by atoms with Crippen LogP contribution in [0.2, 0.25) is 0 Å². The Kier molecular flexibility index (Phi) is 5.11. The van der Waals surface area contributed by atoms with Crippen LogP contribution in [0.1, 0.15) is 34.8 Å². The Labute approximate surface area is 154 Å². The molecule has 1 amide bonds. The van der Waals surface area contributed by atoms with Crippen LogP contribution < -0.4 is 11.1 Å². The fourth-order valence-electron chi connectivity index (χ4n) is 3.20. The summed E-state index contributed by atoms with van der Waals surface area (Å²) in [6.45, 7) is 2.11. The first-order valence-corrected chi connectivity index (χ1v) is 8.53. The number of hydrogen-bond acceptors (Lipinski definition) is 4. The van der Waals surface area contributed by atoms with E-state index >= 15 is 0 Å². The highest BCUT2D eigenvalue weighted by atomic mass is 19.4. The van der Waals surface area contributed by atoms with E-state index in [1.54, 1.807) is 19.2 Å². The molecule has 144 valence electrons. The van der Waals surface area contributed by atoms with Crippen LogP contribution in [0.25, 0.3) is 0 Å². The molecule has 1 aromatic heterocycles. The van der Waals surface area contributed by atoms with Gasteiger partial charge >= 0.3 is 6.18 Å². The molecule has 2 heterocycles. The number of hydrogen-bond donors (Lipinski definition) is 3. The Morgan fingerprint density at radius 3 is 2.74 bits per heavy atom. The Morgan fingerprint density at radius 2 is 2.15 bits per heavy atom. The Balaban J connectivity index is 1.83. The van der Waals surface area contributed by atoms with Crippen molar-refractivity contribution in [2.75, 3.05) is 18.4 Å². The number of halogens is 3. The lowest BCUT2D eigenvalue weighted by Crippen LogP contribution is -2.40. The third kappa shape index (κ3) is 3.91. The van der Waals surface area contributed by atoms with E-state index < -0.39 is 17.6 Å².